The topological polar surface area (TPSA) is 52.6 Å². The number of benzene rings is 3. The Morgan fingerprint density at radius 3 is 1.75 bits per heavy atom. The molecular formula is C19H14O4S. The van der Waals surface area contributed by atoms with Crippen molar-refractivity contribution in [1.82, 2.24) is 0 Å². The lowest BCUT2D eigenvalue weighted by molar-refractivity contribution is -0.0904. The molecular weight excluding hydrogens is 324 g/mol. The van der Waals surface area contributed by atoms with E-state index in [-0.39, 0.29) is 10.6 Å². The van der Waals surface area contributed by atoms with Gasteiger partial charge in [-0.05, 0) is 12.1 Å². The Morgan fingerprint density at radius 2 is 1.17 bits per heavy atom. The van der Waals surface area contributed by atoms with Gasteiger partial charge in [0.1, 0.15) is 10.6 Å². The van der Waals surface area contributed by atoms with E-state index < -0.39 is 15.9 Å². The molecule has 0 N–H and O–H groups in total. The van der Waals surface area contributed by atoms with Crippen molar-refractivity contribution in [3.8, 4) is 5.75 Å². The summed E-state index contributed by atoms with van der Waals surface area (Å²) in [7, 11) is -3.97. The zero-order chi connectivity index (χ0) is 16.6. The number of fused-ring (bicyclic) bond motifs is 1. The predicted octanol–water partition coefficient (Wildman–Crippen LogP) is 3.69. The molecule has 1 aliphatic heterocycles. The Morgan fingerprint density at radius 1 is 0.667 bits per heavy atom. The first-order valence-electron chi connectivity index (χ1n) is 7.47. The number of hydrogen-bond acceptors (Lipinski definition) is 4. The van der Waals surface area contributed by atoms with Crippen molar-refractivity contribution in [2.45, 2.75) is 10.7 Å². The zero-order valence-electron chi connectivity index (χ0n) is 12.6. The van der Waals surface area contributed by atoms with Crippen LogP contribution >= 0.6 is 0 Å². The molecule has 0 spiro atoms. The minimum Gasteiger partial charge on any atom is -0.451 e. The van der Waals surface area contributed by atoms with E-state index in [9.17, 15) is 8.42 Å². The van der Waals surface area contributed by atoms with Gasteiger partial charge in [-0.3, -0.25) is 0 Å². The highest BCUT2D eigenvalue weighted by Crippen LogP contribution is 2.45. The first-order valence-corrected chi connectivity index (χ1v) is 8.87. The van der Waals surface area contributed by atoms with Crippen LogP contribution in [0.3, 0.4) is 0 Å². The standard InChI is InChI=1S/C19H14O4S/c20-24(21)18-14-8-7-13-17(18)22-19(23-24,15-9-3-1-4-10-15)16-11-5-2-6-12-16/h1-14H. The van der Waals surface area contributed by atoms with Crippen LogP contribution in [0.25, 0.3) is 0 Å². The minimum absolute atomic E-state index is 0.0347. The molecule has 120 valence electrons. The van der Waals surface area contributed by atoms with E-state index in [2.05, 4.69) is 0 Å². The van der Waals surface area contributed by atoms with E-state index in [1.54, 1.807) is 42.5 Å². The fourth-order valence-electron chi connectivity index (χ4n) is 2.81. The molecule has 4 nitrogen and oxygen atoms in total. The van der Waals surface area contributed by atoms with Crippen LogP contribution in [0.5, 0.6) is 5.75 Å². The third-order valence-corrected chi connectivity index (χ3v) is 5.24. The third-order valence-electron chi connectivity index (χ3n) is 3.91. The largest absolute Gasteiger partial charge is 0.451 e. The summed E-state index contributed by atoms with van der Waals surface area (Å²) in [6, 6.07) is 24.6. The van der Waals surface area contributed by atoms with Crippen molar-refractivity contribution < 1.29 is 17.3 Å². The molecule has 0 aromatic heterocycles. The van der Waals surface area contributed by atoms with Crippen molar-refractivity contribution in [1.29, 1.82) is 0 Å². The third kappa shape index (κ3) is 2.29. The van der Waals surface area contributed by atoms with E-state index in [0.29, 0.717) is 11.1 Å². The molecule has 0 saturated heterocycles. The Kier molecular flexibility index (Phi) is 3.40. The lowest BCUT2D eigenvalue weighted by Crippen LogP contribution is -2.42. The van der Waals surface area contributed by atoms with E-state index >= 15 is 0 Å². The van der Waals surface area contributed by atoms with Gasteiger partial charge in [0.15, 0.2) is 0 Å². The molecule has 1 heterocycles. The summed E-state index contributed by atoms with van der Waals surface area (Å²) in [4.78, 5) is 0.0347. The van der Waals surface area contributed by atoms with Crippen LogP contribution in [0, 0.1) is 0 Å². The fourth-order valence-corrected chi connectivity index (χ4v) is 4.03. The maximum atomic E-state index is 12.7. The monoisotopic (exact) mass is 338 g/mol. The molecule has 24 heavy (non-hydrogen) atoms. The lowest BCUT2D eigenvalue weighted by Gasteiger charge is -2.37. The number of ether oxygens (including phenoxy) is 1. The zero-order valence-corrected chi connectivity index (χ0v) is 13.4. The van der Waals surface area contributed by atoms with Gasteiger partial charge < -0.3 is 4.74 Å². The highest BCUT2D eigenvalue weighted by atomic mass is 32.2. The van der Waals surface area contributed by atoms with Crippen molar-refractivity contribution >= 4 is 10.1 Å². The van der Waals surface area contributed by atoms with Crippen molar-refractivity contribution in [2.75, 3.05) is 0 Å². The van der Waals surface area contributed by atoms with Gasteiger partial charge in [-0.2, -0.15) is 8.42 Å². The van der Waals surface area contributed by atoms with Crippen LogP contribution in [-0.2, 0) is 20.1 Å². The molecule has 0 bridgehead atoms. The molecule has 0 amide bonds. The first kappa shape index (κ1) is 14.9. The maximum absolute atomic E-state index is 12.7. The predicted molar refractivity (Wildman–Crippen MR) is 89.0 cm³/mol. The Bertz CT molecular complexity index is 927. The molecule has 5 heteroatoms. The summed E-state index contributed by atoms with van der Waals surface area (Å²) in [5.74, 6) is -1.27. The van der Waals surface area contributed by atoms with E-state index in [4.69, 9.17) is 8.92 Å². The van der Waals surface area contributed by atoms with E-state index in [0.717, 1.165) is 0 Å². The van der Waals surface area contributed by atoms with Crippen LogP contribution in [0.15, 0.2) is 89.8 Å². The summed E-state index contributed by atoms with van der Waals surface area (Å²) in [6.07, 6.45) is 0. The Hall–Kier alpha value is -2.63. The second-order valence-electron chi connectivity index (χ2n) is 5.43. The molecule has 1 aliphatic rings. The van der Waals surface area contributed by atoms with Crippen molar-refractivity contribution in [3.63, 3.8) is 0 Å². The summed E-state index contributed by atoms with van der Waals surface area (Å²) in [5, 5.41) is 0. The molecule has 4 rings (SSSR count). The van der Waals surface area contributed by atoms with Gasteiger partial charge >= 0.3 is 10.1 Å². The maximum Gasteiger partial charge on any atom is 0.304 e. The van der Waals surface area contributed by atoms with Crippen LogP contribution in [0.2, 0.25) is 0 Å². The highest BCUT2D eigenvalue weighted by molar-refractivity contribution is 7.87. The van der Waals surface area contributed by atoms with Crippen LogP contribution in [0.1, 0.15) is 11.1 Å². The molecule has 3 aromatic carbocycles. The average Bonchev–Trinajstić information content (AvgIpc) is 2.62. The summed E-state index contributed by atoms with van der Waals surface area (Å²) >= 11 is 0. The summed E-state index contributed by atoms with van der Waals surface area (Å²) in [6.45, 7) is 0. The lowest BCUT2D eigenvalue weighted by atomic mass is 9.97. The Labute approximate surface area is 140 Å². The molecule has 0 saturated carbocycles. The summed E-state index contributed by atoms with van der Waals surface area (Å²) < 4.78 is 37.2. The molecule has 0 atom stereocenters. The second kappa shape index (κ2) is 5.47. The molecule has 0 fully saturated rings. The van der Waals surface area contributed by atoms with E-state index in [1.165, 1.54) is 6.07 Å². The summed E-state index contributed by atoms with van der Waals surface area (Å²) in [5.41, 5.74) is 1.21. The highest BCUT2D eigenvalue weighted by Gasteiger charge is 2.48. The van der Waals surface area contributed by atoms with Crippen LogP contribution in [-0.4, -0.2) is 8.42 Å². The van der Waals surface area contributed by atoms with Crippen molar-refractivity contribution in [2.24, 2.45) is 0 Å². The van der Waals surface area contributed by atoms with Gasteiger partial charge in [0, 0.05) is 11.1 Å². The second-order valence-corrected chi connectivity index (χ2v) is 6.95. The Balaban J connectivity index is 2.00. The smallest absolute Gasteiger partial charge is 0.304 e. The SMILES string of the molecule is O=S1(=O)OC(c2ccccc2)(c2ccccc2)Oc2ccccc21. The fraction of sp³-hybridized carbons (Fsp3) is 0.0526. The first-order chi connectivity index (χ1) is 11.6. The van der Waals surface area contributed by atoms with Gasteiger partial charge in [0.05, 0.1) is 0 Å². The van der Waals surface area contributed by atoms with E-state index in [1.807, 2.05) is 36.4 Å². The van der Waals surface area contributed by atoms with Gasteiger partial charge in [-0.25, -0.2) is 4.18 Å². The van der Waals surface area contributed by atoms with Crippen molar-refractivity contribution in [3.05, 3.63) is 96.1 Å². The number of para-hydroxylation sites is 1. The van der Waals surface area contributed by atoms with Gasteiger partial charge in [-0.15, -0.1) is 0 Å². The number of rotatable bonds is 2. The van der Waals surface area contributed by atoms with Crippen LogP contribution in [0.4, 0.5) is 0 Å². The van der Waals surface area contributed by atoms with Crippen LogP contribution < -0.4 is 4.74 Å². The van der Waals surface area contributed by atoms with Gasteiger partial charge in [0.2, 0.25) is 0 Å². The number of hydrogen-bond donors (Lipinski definition) is 0. The quantitative estimate of drug-likeness (QED) is 0.669. The molecule has 3 aromatic rings. The molecule has 0 aliphatic carbocycles. The normalized spacial score (nSPS) is 17.5. The minimum atomic E-state index is -3.97. The van der Waals surface area contributed by atoms with Gasteiger partial charge in [0.25, 0.3) is 5.79 Å². The average molecular weight is 338 g/mol. The molecule has 0 unspecified atom stereocenters. The van der Waals surface area contributed by atoms with Gasteiger partial charge in [-0.1, -0.05) is 72.8 Å². The molecule has 0 radical (unpaired) electrons.